The molecule has 0 fully saturated rings. The Balaban J connectivity index is 2.16. The van der Waals surface area contributed by atoms with E-state index in [0.29, 0.717) is 28.9 Å². The zero-order valence-corrected chi connectivity index (χ0v) is 10.8. The van der Waals surface area contributed by atoms with Crippen LogP contribution in [0.2, 0.25) is 5.02 Å². The molecule has 0 amide bonds. The lowest BCUT2D eigenvalue weighted by molar-refractivity contribution is 0.415. The molecular weight excluding hydrogens is 256 g/mol. The van der Waals surface area contributed by atoms with E-state index < -0.39 is 0 Å². The second-order valence-electron chi connectivity index (χ2n) is 3.50. The molecule has 0 aliphatic heterocycles. The molecule has 1 aromatic heterocycles. The van der Waals surface area contributed by atoms with Crippen molar-refractivity contribution in [1.82, 2.24) is 15.5 Å². The highest BCUT2D eigenvalue weighted by Crippen LogP contribution is 2.28. The highest BCUT2D eigenvalue weighted by Gasteiger charge is 2.08. The van der Waals surface area contributed by atoms with E-state index in [1.807, 2.05) is 0 Å². The van der Waals surface area contributed by atoms with Gasteiger partial charge >= 0.3 is 6.01 Å². The summed E-state index contributed by atoms with van der Waals surface area (Å²) in [5.74, 6) is 1.19. The number of aromatic nitrogens is 2. The minimum absolute atomic E-state index is 0.287. The number of rotatable bonds is 5. The molecule has 0 saturated heterocycles. The molecule has 0 aliphatic rings. The number of nitrogens with zero attached hydrogens (tertiary/aromatic N) is 2. The average molecular weight is 269 g/mol. The van der Waals surface area contributed by atoms with Crippen molar-refractivity contribution < 1.29 is 9.15 Å². The van der Waals surface area contributed by atoms with Crippen molar-refractivity contribution in [3.63, 3.8) is 0 Å². The van der Waals surface area contributed by atoms with Crippen molar-refractivity contribution in [3.8, 4) is 5.75 Å². The van der Waals surface area contributed by atoms with E-state index in [9.17, 15) is 0 Å². The second-order valence-corrected chi connectivity index (χ2v) is 3.91. The summed E-state index contributed by atoms with van der Waals surface area (Å²) in [7, 11) is 3.39. The van der Waals surface area contributed by atoms with Crippen molar-refractivity contribution in [2.45, 2.75) is 6.54 Å². The summed E-state index contributed by atoms with van der Waals surface area (Å²) in [6, 6.07) is 5.54. The van der Waals surface area contributed by atoms with Gasteiger partial charge in [0.05, 0.1) is 24.4 Å². The SMILES string of the molecule is CNCc1nnc(Nc2cc(OC)ccc2Cl)o1. The van der Waals surface area contributed by atoms with Crippen molar-refractivity contribution in [1.29, 1.82) is 0 Å². The summed E-state index contributed by atoms with van der Waals surface area (Å²) in [5.41, 5.74) is 0.649. The second kappa shape index (κ2) is 5.70. The Morgan fingerprint density at radius 3 is 2.94 bits per heavy atom. The highest BCUT2D eigenvalue weighted by atomic mass is 35.5. The Morgan fingerprint density at radius 1 is 1.39 bits per heavy atom. The lowest BCUT2D eigenvalue weighted by Gasteiger charge is -2.06. The topological polar surface area (TPSA) is 72.2 Å². The summed E-state index contributed by atoms with van der Waals surface area (Å²) in [6.07, 6.45) is 0. The van der Waals surface area contributed by atoms with E-state index in [1.165, 1.54) is 0 Å². The quantitative estimate of drug-likeness (QED) is 0.866. The van der Waals surface area contributed by atoms with Crippen LogP contribution >= 0.6 is 11.6 Å². The number of nitrogens with one attached hydrogen (secondary N) is 2. The van der Waals surface area contributed by atoms with Gasteiger partial charge in [-0.15, -0.1) is 5.10 Å². The predicted octanol–water partition coefficient (Wildman–Crippen LogP) is 2.19. The van der Waals surface area contributed by atoms with Gasteiger partial charge in [-0.1, -0.05) is 16.7 Å². The number of hydrogen-bond donors (Lipinski definition) is 2. The summed E-state index contributed by atoms with van der Waals surface area (Å²) in [5, 5.41) is 14.1. The molecule has 0 spiro atoms. The Kier molecular flexibility index (Phi) is 4.01. The maximum atomic E-state index is 6.05. The van der Waals surface area contributed by atoms with Crippen molar-refractivity contribution >= 4 is 23.3 Å². The fourth-order valence-electron chi connectivity index (χ4n) is 1.37. The number of benzene rings is 1. The maximum absolute atomic E-state index is 6.05. The van der Waals surface area contributed by atoms with Crippen LogP contribution in [0.5, 0.6) is 5.75 Å². The first-order chi connectivity index (χ1) is 8.72. The van der Waals surface area contributed by atoms with Gasteiger partial charge in [0, 0.05) is 6.07 Å². The summed E-state index contributed by atoms with van der Waals surface area (Å²) < 4.78 is 10.5. The van der Waals surface area contributed by atoms with Crippen LogP contribution in [0.3, 0.4) is 0 Å². The zero-order chi connectivity index (χ0) is 13.0. The largest absolute Gasteiger partial charge is 0.497 e. The van der Waals surface area contributed by atoms with Crippen molar-refractivity contribution in [2.75, 3.05) is 19.5 Å². The molecule has 2 N–H and O–H groups in total. The molecule has 0 unspecified atom stereocenters. The van der Waals surface area contributed by atoms with E-state index in [0.717, 1.165) is 0 Å². The van der Waals surface area contributed by atoms with Crippen LogP contribution in [0.1, 0.15) is 5.89 Å². The molecule has 6 nitrogen and oxygen atoms in total. The molecule has 7 heteroatoms. The minimum atomic E-state index is 0.287. The molecule has 0 bridgehead atoms. The first-order valence-electron chi connectivity index (χ1n) is 5.30. The van der Waals surface area contributed by atoms with Crippen LogP contribution < -0.4 is 15.4 Å². The van der Waals surface area contributed by atoms with E-state index in [4.69, 9.17) is 20.8 Å². The lowest BCUT2D eigenvalue weighted by Crippen LogP contribution is -2.04. The van der Waals surface area contributed by atoms with Crippen LogP contribution in [0.25, 0.3) is 0 Å². The van der Waals surface area contributed by atoms with Gasteiger partial charge < -0.3 is 19.8 Å². The van der Waals surface area contributed by atoms with E-state index in [-0.39, 0.29) is 6.01 Å². The third-order valence-electron chi connectivity index (χ3n) is 2.21. The van der Waals surface area contributed by atoms with Crippen molar-refractivity contribution in [3.05, 3.63) is 29.1 Å². The minimum Gasteiger partial charge on any atom is -0.497 e. The Bertz CT molecular complexity index is 530. The molecule has 96 valence electrons. The van der Waals surface area contributed by atoms with Crippen LogP contribution in [0.15, 0.2) is 22.6 Å². The molecule has 2 rings (SSSR count). The smallest absolute Gasteiger partial charge is 0.320 e. The highest BCUT2D eigenvalue weighted by molar-refractivity contribution is 6.33. The number of ether oxygens (including phenoxy) is 1. The molecule has 0 aliphatic carbocycles. The van der Waals surface area contributed by atoms with Gasteiger partial charge in [-0.3, -0.25) is 0 Å². The Morgan fingerprint density at radius 2 is 2.22 bits per heavy atom. The van der Waals surface area contributed by atoms with Crippen LogP contribution in [-0.4, -0.2) is 24.4 Å². The number of anilines is 2. The molecule has 2 aromatic rings. The van der Waals surface area contributed by atoms with Gasteiger partial charge in [0.2, 0.25) is 5.89 Å². The normalized spacial score (nSPS) is 10.4. The third kappa shape index (κ3) is 2.91. The predicted molar refractivity (Wildman–Crippen MR) is 68.3 cm³/mol. The van der Waals surface area contributed by atoms with Gasteiger partial charge in [0.1, 0.15) is 5.75 Å². The van der Waals surface area contributed by atoms with Crippen LogP contribution in [0.4, 0.5) is 11.7 Å². The molecule has 0 saturated carbocycles. The standard InChI is InChI=1S/C11H13ClN4O2/c1-13-6-10-15-16-11(18-10)14-9-5-7(17-2)3-4-8(9)12/h3-5,13H,6H2,1-2H3,(H,14,16). The van der Waals surface area contributed by atoms with Gasteiger partial charge in [0.15, 0.2) is 0 Å². The zero-order valence-electron chi connectivity index (χ0n) is 10.0. The number of halogens is 1. The Labute approximate surface area is 109 Å². The first-order valence-corrected chi connectivity index (χ1v) is 5.68. The summed E-state index contributed by atoms with van der Waals surface area (Å²) in [6.45, 7) is 0.514. The first kappa shape index (κ1) is 12.7. The van der Waals surface area contributed by atoms with E-state index in [1.54, 1.807) is 32.4 Å². The summed E-state index contributed by atoms with van der Waals surface area (Å²) in [4.78, 5) is 0. The fourth-order valence-corrected chi connectivity index (χ4v) is 1.53. The maximum Gasteiger partial charge on any atom is 0.320 e. The van der Waals surface area contributed by atoms with Gasteiger partial charge in [-0.05, 0) is 19.2 Å². The lowest BCUT2D eigenvalue weighted by atomic mass is 10.3. The van der Waals surface area contributed by atoms with Gasteiger partial charge in [-0.2, -0.15) is 0 Å². The molecule has 18 heavy (non-hydrogen) atoms. The van der Waals surface area contributed by atoms with Gasteiger partial charge in [0.25, 0.3) is 0 Å². The average Bonchev–Trinajstić information content (AvgIpc) is 2.80. The fraction of sp³-hybridized carbons (Fsp3) is 0.273. The van der Waals surface area contributed by atoms with Gasteiger partial charge in [-0.25, -0.2) is 0 Å². The van der Waals surface area contributed by atoms with Crippen LogP contribution in [0, 0.1) is 0 Å². The number of hydrogen-bond acceptors (Lipinski definition) is 6. The summed E-state index contributed by atoms with van der Waals surface area (Å²) >= 11 is 6.05. The van der Waals surface area contributed by atoms with E-state index in [2.05, 4.69) is 20.8 Å². The molecule has 0 atom stereocenters. The van der Waals surface area contributed by atoms with E-state index >= 15 is 0 Å². The van der Waals surface area contributed by atoms with Crippen LogP contribution in [-0.2, 0) is 6.54 Å². The molecule has 1 heterocycles. The number of methoxy groups -OCH3 is 1. The monoisotopic (exact) mass is 268 g/mol. The Hall–Kier alpha value is -1.79. The molecule has 1 aromatic carbocycles. The molecule has 0 radical (unpaired) electrons. The third-order valence-corrected chi connectivity index (χ3v) is 2.54. The van der Waals surface area contributed by atoms with Crippen molar-refractivity contribution in [2.24, 2.45) is 0 Å². The molecular formula is C11H13ClN4O2.